The molecule has 34 heavy (non-hydrogen) atoms. The molecule has 2 heterocycles. The van der Waals surface area contributed by atoms with Gasteiger partial charge in [0.25, 0.3) is 11.8 Å². The first-order valence-corrected chi connectivity index (χ1v) is 11.1. The SMILES string of the molecule is CC.Cn1nc(C(=O)NCc2ccc(C#N)cc2)c2c1C(=O)N(CC1(S[O-])CC1)CC2.[CH3-].[Na+].[U]. The van der Waals surface area contributed by atoms with Gasteiger partial charge in [-0.15, -0.1) is 0 Å². The number of fused-ring (bicyclic) bond motifs is 1. The Balaban J connectivity index is 0.00000212. The molecule has 0 atom stereocenters. The molecule has 2 amide bonds. The number of rotatable bonds is 6. The first kappa shape index (κ1) is 33.2. The van der Waals surface area contributed by atoms with E-state index < -0.39 is 0 Å². The zero-order chi connectivity index (χ0) is 22.6. The third kappa shape index (κ3) is 7.37. The molecule has 8 nitrogen and oxygen atoms in total. The predicted octanol–water partition coefficient (Wildman–Crippen LogP) is 0.0968. The maximum absolute atomic E-state index is 12.9. The summed E-state index contributed by atoms with van der Waals surface area (Å²) in [5.41, 5.74) is 2.78. The fraction of sp³-hybridized carbons (Fsp3) is 0.435. The van der Waals surface area contributed by atoms with E-state index in [0.29, 0.717) is 54.9 Å². The second kappa shape index (κ2) is 14.7. The Morgan fingerprint density at radius 3 is 2.44 bits per heavy atom. The Morgan fingerprint density at radius 2 is 1.91 bits per heavy atom. The molecule has 0 saturated heterocycles. The molecular weight excluding hydrogens is 687 g/mol. The van der Waals surface area contributed by atoms with Crippen LogP contribution in [0, 0.1) is 49.9 Å². The van der Waals surface area contributed by atoms with E-state index in [4.69, 9.17) is 5.26 Å². The van der Waals surface area contributed by atoms with E-state index in [2.05, 4.69) is 16.5 Å². The summed E-state index contributed by atoms with van der Waals surface area (Å²) in [6.07, 6.45) is 2.21. The van der Waals surface area contributed by atoms with E-state index in [1.165, 1.54) is 4.68 Å². The number of amides is 2. The Morgan fingerprint density at radius 1 is 1.29 bits per heavy atom. The molecule has 1 saturated carbocycles. The van der Waals surface area contributed by atoms with E-state index in [1.54, 1.807) is 36.2 Å². The summed E-state index contributed by atoms with van der Waals surface area (Å²) in [6.45, 7) is 5.24. The maximum atomic E-state index is 12.9. The molecule has 11 heteroatoms. The van der Waals surface area contributed by atoms with Gasteiger partial charge in [-0.25, -0.2) is 0 Å². The van der Waals surface area contributed by atoms with Crippen LogP contribution < -0.4 is 34.9 Å². The van der Waals surface area contributed by atoms with Crippen LogP contribution >= 0.6 is 12.0 Å². The van der Waals surface area contributed by atoms with Gasteiger partial charge in [-0.3, -0.25) is 26.3 Å². The molecule has 1 aliphatic heterocycles. The summed E-state index contributed by atoms with van der Waals surface area (Å²) in [5.74, 6) is -0.506. The molecule has 176 valence electrons. The standard InChI is InChI=1S/C20H21N5O3S.C2H6.CH3.Na.U/c1-24-17-15(6-9-25(19(17)27)12-20(29-28)7-8-20)16(23-24)18(26)22-11-14-4-2-13(10-21)3-5-14;1-2;;;/h2-5,28H,6-9,11-12H2,1H3,(H,22,26);1-2H3;1H3;;/q;;-1;+1;/p-1. The first-order chi connectivity index (χ1) is 15.0. The first-order valence-electron chi connectivity index (χ1n) is 10.4. The van der Waals surface area contributed by atoms with Crippen LogP contribution in [0.4, 0.5) is 0 Å². The zero-order valence-corrected chi connectivity index (χ0v) is 27.5. The average molecular weight is 717 g/mol. The van der Waals surface area contributed by atoms with Crippen molar-refractivity contribution in [3.05, 3.63) is 59.8 Å². The number of aryl methyl sites for hydroxylation is 1. The topological polar surface area (TPSA) is 114 Å². The summed E-state index contributed by atoms with van der Waals surface area (Å²) < 4.78 is 12.4. The molecule has 1 aromatic heterocycles. The third-order valence-electron chi connectivity index (χ3n) is 5.48. The summed E-state index contributed by atoms with van der Waals surface area (Å²) in [6, 6.07) is 9.03. The maximum Gasteiger partial charge on any atom is 1.00 e. The third-order valence-corrected chi connectivity index (χ3v) is 6.37. The molecular formula is C23H29N5NaO3SU-. The number of nitrogens with zero attached hydrogens (tertiary/aromatic N) is 4. The summed E-state index contributed by atoms with van der Waals surface area (Å²) in [4.78, 5) is 27.3. The summed E-state index contributed by atoms with van der Waals surface area (Å²) >= 11 is 0.588. The molecule has 0 bridgehead atoms. The van der Waals surface area contributed by atoms with E-state index >= 15 is 0 Å². The van der Waals surface area contributed by atoms with Crippen LogP contribution in [0.25, 0.3) is 0 Å². The fourth-order valence-corrected chi connectivity index (χ4v) is 4.10. The number of hydrogen-bond donors (Lipinski definition) is 1. The number of carbonyl (C=O) groups excluding carboxylic acids is 2. The van der Waals surface area contributed by atoms with Crippen LogP contribution in [-0.4, -0.2) is 48.9 Å². The van der Waals surface area contributed by atoms with Crippen LogP contribution in [0.3, 0.4) is 0 Å². The number of aromatic nitrogens is 2. The minimum atomic E-state index is -0.340. The number of nitriles is 1. The van der Waals surface area contributed by atoms with Crippen LogP contribution in [0.2, 0.25) is 0 Å². The van der Waals surface area contributed by atoms with Crippen molar-refractivity contribution < 1.29 is 74.8 Å². The molecule has 1 N–H and O–H groups in total. The van der Waals surface area contributed by atoms with Crippen molar-refractivity contribution in [3.63, 3.8) is 0 Å². The second-order valence-corrected chi connectivity index (χ2v) is 8.57. The normalized spacial score (nSPS) is 14.6. The van der Waals surface area contributed by atoms with Gasteiger partial charge in [0.05, 0.1) is 11.6 Å². The van der Waals surface area contributed by atoms with Crippen LogP contribution in [0.1, 0.15) is 64.4 Å². The average Bonchev–Trinajstić information content (AvgIpc) is 3.50. The van der Waals surface area contributed by atoms with Gasteiger partial charge in [-0.1, -0.05) is 26.0 Å². The van der Waals surface area contributed by atoms with Crippen molar-refractivity contribution in [1.29, 1.82) is 5.26 Å². The van der Waals surface area contributed by atoms with Gasteiger partial charge in [0, 0.05) is 68.1 Å². The van der Waals surface area contributed by atoms with E-state index in [1.807, 2.05) is 13.8 Å². The molecule has 1 aromatic carbocycles. The predicted molar refractivity (Wildman–Crippen MR) is 123 cm³/mol. The Bertz CT molecular complexity index is 1020. The minimum Gasteiger partial charge on any atom is -0.798 e. The van der Waals surface area contributed by atoms with Gasteiger partial charge < -0.3 is 22.2 Å². The van der Waals surface area contributed by atoms with Crippen molar-refractivity contribution in [2.75, 3.05) is 13.1 Å². The van der Waals surface area contributed by atoms with Gasteiger partial charge >= 0.3 is 29.6 Å². The molecule has 2 aromatic rings. The minimum absolute atomic E-state index is 0. The number of benzene rings is 1. The van der Waals surface area contributed by atoms with Gasteiger partial charge in [-0.05, 0) is 37.0 Å². The molecule has 4 rings (SSSR count). The van der Waals surface area contributed by atoms with Gasteiger partial charge in [0.15, 0.2) is 5.69 Å². The molecule has 1 aliphatic carbocycles. The van der Waals surface area contributed by atoms with Crippen molar-refractivity contribution in [1.82, 2.24) is 20.0 Å². The van der Waals surface area contributed by atoms with Crippen LogP contribution in [-0.2, 0) is 20.0 Å². The number of carbonyl (C=O) groups is 2. The zero-order valence-electron chi connectivity index (χ0n) is 20.5. The Labute approximate surface area is 252 Å². The van der Waals surface area contributed by atoms with E-state index in [0.717, 1.165) is 18.4 Å². The molecule has 0 unspecified atom stereocenters. The van der Waals surface area contributed by atoms with Crippen LogP contribution in [0.5, 0.6) is 0 Å². The molecule has 2 aliphatic rings. The largest absolute Gasteiger partial charge is 1.00 e. The van der Waals surface area contributed by atoms with Gasteiger partial charge in [0.1, 0.15) is 5.69 Å². The molecule has 0 radical (unpaired) electrons. The van der Waals surface area contributed by atoms with Crippen molar-refractivity contribution in [2.24, 2.45) is 7.05 Å². The summed E-state index contributed by atoms with van der Waals surface area (Å²) in [5, 5.41) is 16.0. The van der Waals surface area contributed by atoms with E-state index in [-0.39, 0.29) is 90.4 Å². The smallest absolute Gasteiger partial charge is 0.798 e. The Kier molecular flexibility index (Phi) is 14.4. The van der Waals surface area contributed by atoms with E-state index in [9.17, 15) is 14.1 Å². The van der Waals surface area contributed by atoms with Gasteiger partial charge in [0.2, 0.25) is 0 Å². The monoisotopic (exact) mass is 716 g/mol. The fourth-order valence-electron chi connectivity index (χ4n) is 3.62. The van der Waals surface area contributed by atoms with Crippen molar-refractivity contribution in [3.8, 4) is 6.07 Å². The van der Waals surface area contributed by atoms with Crippen molar-refractivity contribution in [2.45, 2.75) is 44.4 Å². The van der Waals surface area contributed by atoms with Crippen LogP contribution in [0.15, 0.2) is 24.3 Å². The summed E-state index contributed by atoms with van der Waals surface area (Å²) in [7, 11) is 1.66. The Hall–Kier alpha value is -0.778. The second-order valence-electron chi connectivity index (χ2n) is 7.53. The number of hydrogen-bond acceptors (Lipinski definition) is 6. The molecule has 0 spiro atoms. The number of nitrogens with one attached hydrogen (secondary N) is 1. The van der Waals surface area contributed by atoms with Gasteiger partial charge in [-0.2, -0.15) is 10.4 Å². The molecule has 1 fully saturated rings. The quantitative estimate of drug-likeness (QED) is 0.258. The van der Waals surface area contributed by atoms with Crippen molar-refractivity contribution >= 4 is 23.9 Å².